The largest absolute Gasteiger partial charge is 0.370 e. The molecule has 0 aliphatic carbocycles. The fraction of sp³-hybridized carbons (Fsp3) is 0.182. The van der Waals surface area contributed by atoms with Crippen LogP contribution in [-0.4, -0.2) is 29.9 Å². The van der Waals surface area contributed by atoms with Gasteiger partial charge in [-0.1, -0.05) is 6.08 Å². The summed E-state index contributed by atoms with van der Waals surface area (Å²) in [6.45, 7) is 4.00. The molecule has 6 heteroatoms. The van der Waals surface area contributed by atoms with Crippen molar-refractivity contribution in [3.05, 3.63) is 37.2 Å². The zero-order valence-electron chi connectivity index (χ0n) is 9.39. The molecule has 4 N–H and O–H groups in total. The lowest BCUT2D eigenvalue weighted by molar-refractivity contribution is -0.114. The number of nitrogens with one attached hydrogen (secondary N) is 2. The molecule has 1 amide bonds. The summed E-state index contributed by atoms with van der Waals surface area (Å²) >= 11 is 0. The van der Waals surface area contributed by atoms with Gasteiger partial charge in [-0.3, -0.25) is 9.78 Å². The number of rotatable bonds is 5. The molecule has 90 valence electrons. The molecule has 0 aliphatic heterocycles. The molecular weight excluding hydrogens is 218 g/mol. The number of aromatic nitrogens is 1. The number of hydrogen-bond donors (Lipinski definition) is 3. The van der Waals surface area contributed by atoms with Gasteiger partial charge in [-0.25, -0.2) is 4.99 Å². The second kappa shape index (κ2) is 7.00. The zero-order chi connectivity index (χ0) is 12.5. The van der Waals surface area contributed by atoms with Crippen LogP contribution in [0.5, 0.6) is 0 Å². The van der Waals surface area contributed by atoms with Crippen LogP contribution < -0.4 is 16.4 Å². The number of aliphatic imine (C=N–C) groups is 1. The second-order valence-corrected chi connectivity index (χ2v) is 3.16. The van der Waals surface area contributed by atoms with Crippen molar-refractivity contribution in [2.24, 2.45) is 10.7 Å². The molecular formula is C11H15N5O. The van der Waals surface area contributed by atoms with E-state index in [4.69, 9.17) is 5.73 Å². The smallest absolute Gasteiger partial charge is 0.246 e. The fourth-order valence-corrected chi connectivity index (χ4v) is 1.03. The van der Waals surface area contributed by atoms with Crippen molar-refractivity contribution in [2.45, 2.75) is 0 Å². The first-order valence-electron chi connectivity index (χ1n) is 5.07. The highest BCUT2D eigenvalue weighted by Crippen LogP contribution is 2.01. The summed E-state index contributed by atoms with van der Waals surface area (Å²) in [7, 11) is 0. The van der Waals surface area contributed by atoms with Gasteiger partial charge in [-0.15, -0.1) is 6.58 Å². The molecule has 0 bridgehead atoms. The maximum atomic E-state index is 11.4. The van der Waals surface area contributed by atoms with E-state index in [0.29, 0.717) is 12.2 Å². The van der Waals surface area contributed by atoms with Crippen molar-refractivity contribution in [3.8, 4) is 0 Å². The fourth-order valence-electron chi connectivity index (χ4n) is 1.03. The lowest BCUT2D eigenvalue weighted by atomic mass is 10.4. The summed E-state index contributed by atoms with van der Waals surface area (Å²) in [6, 6.07) is 3.48. The van der Waals surface area contributed by atoms with Crippen molar-refractivity contribution in [1.82, 2.24) is 10.3 Å². The molecule has 0 radical (unpaired) electrons. The van der Waals surface area contributed by atoms with Gasteiger partial charge in [-0.2, -0.15) is 0 Å². The van der Waals surface area contributed by atoms with Crippen molar-refractivity contribution in [3.63, 3.8) is 0 Å². The molecule has 0 saturated carbocycles. The highest BCUT2D eigenvalue weighted by Gasteiger charge is 2.00. The third-order valence-electron chi connectivity index (χ3n) is 1.77. The van der Waals surface area contributed by atoms with Crippen molar-refractivity contribution in [2.75, 3.05) is 18.4 Å². The Morgan fingerprint density at radius 3 is 3.12 bits per heavy atom. The van der Waals surface area contributed by atoms with E-state index in [9.17, 15) is 4.79 Å². The first-order chi connectivity index (χ1) is 8.22. The first kappa shape index (κ1) is 12.7. The van der Waals surface area contributed by atoms with E-state index in [1.54, 1.807) is 30.6 Å². The number of hydrogen-bond acceptors (Lipinski definition) is 3. The monoisotopic (exact) mass is 233 g/mol. The average Bonchev–Trinajstić information content (AvgIpc) is 2.35. The van der Waals surface area contributed by atoms with Crippen LogP contribution in [0.1, 0.15) is 0 Å². The predicted molar refractivity (Wildman–Crippen MR) is 67.6 cm³/mol. The lowest BCUT2D eigenvalue weighted by Gasteiger charge is -2.03. The highest BCUT2D eigenvalue weighted by atomic mass is 16.1. The third kappa shape index (κ3) is 5.31. The predicted octanol–water partition coefficient (Wildman–Crippen LogP) is 0.110. The Balaban J connectivity index is 2.37. The summed E-state index contributed by atoms with van der Waals surface area (Å²) in [6.07, 6.45) is 4.84. The van der Waals surface area contributed by atoms with Gasteiger partial charge in [0.25, 0.3) is 0 Å². The minimum atomic E-state index is -0.249. The van der Waals surface area contributed by atoms with E-state index >= 15 is 0 Å². The van der Waals surface area contributed by atoms with Crippen molar-refractivity contribution < 1.29 is 4.79 Å². The molecule has 6 nitrogen and oxygen atoms in total. The number of amides is 1. The SMILES string of the molecule is C=CCNC(N)=NCC(=O)Nc1cccnc1. The summed E-state index contributed by atoms with van der Waals surface area (Å²) in [5.41, 5.74) is 6.13. The van der Waals surface area contributed by atoms with E-state index in [1.807, 2.05) is 0 Å². The van der Waals surface area contributed by atoms with Gasteiger partial charge in [-0.05, 0) is 12.1 Å². The number of guanidine groups is 1. The van der Waals surface area contributed by atoms with Crippen LogP contribution in [0.4, 0.5) is 5.69 Å². The maximum Gasteiger partial charge on any atom is 0.246 e. The van der Waals surface area contributed by atoms with E-state index < -0.39 is 0 Å². The Hall–Kier alpha value is -2.37. The third-order valence-corrected chi connectivity index (χ3v) is 1.77. The summed E-state index contributed by atoms with van der Waals surface area (Å²) in [5.74, 6) is -0.0346. The molecule has 1 heterocycles. The van der Waals surface area contributed by atoms with Crippen LogP contribution >= 0.6 is 0 Å². The zero-order valence-corrected chi connectivity index (χ0v) is 9.39. The van der Waals surface area contributed by atoms with E-state index in [1.165, 1.54) is 0 Å². The van der Waals surface area contributed by atoms with Crippen LogP contribution in [0.25, 0.3) is 0 Å². The van der Waals surface area contributed by atoms with Gasteiger partial charge in [0.1, 0.15) is 6.54 Å². The molecule has 1 aromatic heterocycles. The number of anilines is 1. The standard InChI is InChI=1S/C11H15N5O/c1-2-5-14-11(12)15-8-10(17)16-9-4-3-6-13-7-9/h2-4,6-7H,1,5,8H2,(H,16,17)(H3,12,14,15). The first-order valence-corrected chi connectivity index (χ1v) is 5.07. The van der Waals surface area contributed by atoms with Crippen molar-refractivity contribution >= 4 is 17.6 Å². The van der Waals surface area contributed by atoms with E-state index in [2.05, 4.69) is 27.2 Å². The second-order valence-electron chi connectivity index (χ2n) is 3.16. The van der Waals surface area contributed by atoms with Gasteiger partial charge >= 0.3 is 0 Å². The molecule has 0 aromatic carbocycles. The lowest BCUT2D eigenvalue weighted by Crippen LogP contribution is -2.32. The van der Waals surface area contributed by atoms with Gasteiger partial charge in [0.15, 0.2) is 5.96 Å². The molecule has 0 fully saturated rings. The number of carbonyl (C=O) groups is 1. The Labute approximate surface area is 99.6 Å². The molecule has 1 aromatic rings. The van der Waals surface area contributed by atoms with Crippen LogP contribution in [0, 0.1) is 0 Å². The molecule has 0 saturated heterocycles. The van der Waals surface area contributed by atoms with Crippen LogP contribution in [-0.2, 0) is 4.79 Å². The molecule has 0 unspecified atom stereocenters. The quantitative estimate of drug-likeness (QED) is 0.382. The Kier molecular flexibility index (Phi) is 5.23. The average molecular weight is 233 g/mol. The number of nitrogens with zero attached hydrogens (tertiary/aromatic N) is 2. The minimum Gasteiger partial charge on any atom is -0.370 e. The number of carbonyl (C=O) groups excluding carboxylic acids is 1. The normalized spacial score (nSPS) is 10.7. The molecule has 1 rings (SSSR count). The summed E-state index contributed by atoms with van der Waals surface area (Å²) < 4.78 is 0. The Bertz CT molecular complexity index is 402. The van der Waals surface area contributed by atoms with Gasteiger partial charge in [0, 0.05) is 12.7 Å². The van der Waals surface area contributed by atoms with Crippen LogP contribution in [0.15, 0.2) is 42.2 Å². The summed E-state index contributed by atoms with van der Waals surface area (Å²) in [5, 5.41) is 5.41. The highest BCUT2D eigenvalue weighted by molar-refractivity contribution is 5.93. The number of pyridine rings is 1. The van der Waals surface area contributed by atoms with Crippen molar-refractivity contribution in [1.29, 1.82) is 0 Å². The van der Waals surface area contributed by atoms with E-state index in [-0.39, 0.29) is 18.4 Å². The van der Waals surface area contributed by atoms with Crippen LogP contribution in [0.3, 0.4) is 0 Å². The van der Waals surface area contributed by atoms with Gasteiger partial charge < -0.3 is 16.4 Å². The van der Waals surface area contributed by atoms with Crippen LogP contribution in [0.2, 0.25) is 0 Å². The minimum absolute atomic E-state index is 0.0368. The topological polar surface area (TPSA) is 92.4 Å². The molecule has 0 aliphatic rings. The summed E-state index contributed by atoms with van der Waals surface area (Å²) in [4.78, 5) is 19.2. The molecule has 0 spiro atoms. The maximum absolute atomic E-state index is 11.4. The molecule has 17 heavy (non-hydrogen) atoms. The van der Waals surface area contributed by atoms with Gasteiger partial charge in [0.2, 0.25) is 5.91 Å². The molecule has 0 atom stereocenters. The number of nitrogens with two attached hydrogens (primary N) is 1. The van der Waals surface area contributed by atoms with E-state index in [0.717, 1.165) is 0 Å². The Morgan fingerprint density at radius 2 is 2.47 bits per heavy atom. The Morgan fingerprint density at radius 1 is 1.65 bits per heavy atom. The van der Waals surface area contributed by atoms with Gasteiger partial charge in [0.05, 0.1) is 11.9 Å².